The molecule has 2 rings (SSSR count). The molecule has 0 aromatic heterocycles. The first kappa shape index (κ1) is 19.1. The normalized spacial score (nSPS) is 10.2. The van der Waals surface area contributed by atoms with Crippen molar-refractivity contribution in [2.24, 2.45) is 0 Å². The standard InChI is InChI=1S/C18H17Cl2NO4/c19-14-4-6-16(7-5-14)24-12-18(23)25-11-17(22)21-9-8-13-2-1-3-15(20)10-13/h1-7,10H,8-9,11-12H2,(H,21,22). The Morgan fingerprint density at radius 2 is 1.72 bits per heavy atom. The smallest absolute Gasteiger partial charge is 0.344 e. The number of hydrogen-bond acceptors (Lipinski definition) is 4. The van der Waals surface area contributed by atoms with Crippen molar-refractivity contribution in [2.75, 3.05) is 19.8 Å². The molecule has 0 saturated carbocycles. The highest BCUT2D eigenvalue weighted by atomic mass is 35.5. The van der Waals surface area contributed by atoms with Gasteiger partial charge in [0.25, 0.3) is 5.91 Å². The molecule has 0 fully saturated rings. The molecule has 0 spiro atoms. The minimum Gasteiger partial charge on any atom is -0.482 e. The average Bonchev–Trinajstić information content (AvgIpc) is 2.59. The van der Waals surface area contributed by atoms with E-state index in [1.165, 1.54) is 0 Å². The zero-order valence-corrected chi connectivity index (χ0v) is 14.8. The SMILES string of the molecule is O=C(COC(=O)COc1ccc(Cl)cc1)NCCc1cccc(Cl)c1. The van der Waals surface area contributed by atoms with Crippen LogP contribution in [0.5, 0.6) is 5.75 Å². The molecule has 2 aromatic rings. The van der Waals surface area contributed by atoms with Crippen LogP contribution in [0.25, 0.3) is 0 Å². The number of carbonyl (C=O) groups is 2. The maximum absolute atomic E-state index is 11.6. The third-order valence-corrected chi connectivity index (χ3v) is 3.65. The van der Waals surface area contributed by atoms with E-state index in [1.807, 2.05) is 18.2 Å². The molecule has 7 heteroatoms. The van der Waals surface area contributed by atoms with Crippen LogP contribution in [-0.2, 0) is 20.7 Å². The average molecular weight is 382 g/mol. The van der Waals surface area contributed by atoms with Gasteiger partial charge < -0.3 is 14.8 Å². The second-order valence-corrected chi connectivity index (χ2v) is 6.01. The Morgan fingerprint density at radius 1 is 0.960 bits per heavy atom. The Labute approximate surface area is 155 Å². The van der Waals surface area contributed by atoms with Crippen molar-refractivity contribution in [1.29, 1.82) is 0 Å². The monoisotopic (exact) mass is 381 g/mol. The number of ether oxygens (including phenoxy) is 2. The molecule has 0 unspecified atom stereocenters. The largest absolute Gasteiger partial charge is 0.482 e. The molecule has 0 saturated heterocycles. The Hall–Kier alpha value is -2.24. The fraction of sp³-hybridized carbons (Fsp3) is 0.222. The van der Waals surface area contributed by atoms with Gasteiger partial charge in [-0.1, -0.05) is 35.3 Å². The van der Waals surface area contributed by atoms with Crippen molar-refractivity contribution in [1.82, 2.24) is 5.32 Å². The zero-order valence-electron chi connectivity index (χ0n) is 13.3. The van der Waals surface area contributed by atoms with Gasteiger partial charge in [-0.3, -0.25) is 4.79 Å². The van der Waals surface area contributed by atoms with Crippen LogP contribution in [0.2, 0.25) is 10.0 Å². The Kier molecular flexibility index (Phi) is 7.57. The highest BCUT2D eigenvalue weighted by molar-refractivity contribution is 6.30. The maximum atomic E-state index is 11.6. The third-order valence-electron chi connectivity index (χ3n) is 3.16. The highest BCUT2D eigenvalue weighted by Crippen LogP contribution is 2.15. The summed E-state index contributed by atoms with van der Waals surface area (Å²) < 4.78 is 10.1. The molecule has 0 aliphatic heterocycles. The molecule has 0 aliphatic rings. The van der Waals surface area contributed by atoms with Gasteiger partial charge in [-0.2, -0.15) is 0 Å². The Bertz CT molecular complexity index is 719. The van der Waals surface area contributed by atoms with E-state index in [-0.39, 0.29) is 19.1 Å². The van der Waals surface area contributed by atoms with Gasteiger partial charge in [-0.15, -0.1) is 0 Å². The number of esters is 1. The summed E-state index contributed by atoms with van der Waals surface area (Å²) in [7, 11) is 0. The van der Waals surface area contributed by atoms with E-state index in [4.69, 9.17) is 32.7 Å². The molecule has 0 bridgehead atoms. The lowest BCUT2D eigenvalue weighted by Gasteiger charge is -2.08. The number of rotatable bonds is 8. The number of benzene rings is 2. The second kappa shape index (κ2) is 9.91. The highest BCUT2D eigenvalue weighted by Gasteiger charge is 2.08. The van der Waals surface area contributed by atoms with Crippen LogP contribution in [0.15, 0.2) is 48.5 Å². The summed E-state index contributed by atoms with van der Waals surface area (Å²) in [5.74, 6) is -0.505. The van der Waals surface area contributed by atoms with Crippen LogP contribution >= 0.6 is 23.2 Å². The summed E-state index contributed by atoms with van der Waals surface area (Å²) in [6.45, 7) is -0.201. The molecular weight excluding hydrogens is 365 g/mol. The maximum Gasteiger partial charge on any atom is 0.344 e. The molecule has 2 aromatic carbocycles. The van der Waals surface area contributed by atoms with Gasteiger partial charge in [-0.25, -0.2) is 4.79 Å². The minimum absolute atomic E-state index is 0.280. The molecule has 1 N–H and O–H groups in total. The van der Waals surface area contributed by atoms with Crippen LogP contribution < -0.4 is 10.1 Å². The van der Waals surface area contributed by atoms with Gasteiger partial charge in [-0.05, 0) is 48.4 Å². The Morgan fingerprint density at radius 3 is 2.44 bits per heavy atom. The van der Waals surface area contributed by atoms with Crippen LogP contribution in [0.1, 0.15) is 5.56 Å². The van der Waals surface area contributed by atoms with Crippen molar-refractivity contribution in [3.05, 3.63) is 64.1 Å². The number of carbonyl (C=O) groups excluding carboxylic acids is 2. The Balaban J connectivity index is 1.60. The molecule has 25 heavy (non-hydrogen) atoms. The van der Waals surface area contributed by atoms with Crippen molar-refractivity contribution in [2.45, 2.75) is 6.42 Å². The molecule has 132 valence electrons. The first-order chi connectivity index (χ1) is 12.0. The van der Waals surface area contributed by atoms with E-state index in [2.05, 4.69) is 5.32 Å². The van der Waals surface area contributed by atoms with Crippen molar-refractivity contribution >= 4 is 35.1 Å². The van der Waals surface area contributed by atoms with E-state index < -0.39 is 5.97 Å². The fourth-order valence-corrected chi connectivity index (χ4v) is 2.29. The minimum atomic E-state index is -0.625. The number of hydrogen-bond donors (Lipinski definition) is 1. The zero-order chi connectivity index (χ0) is 18.1. The van der Waals surface area contributed by atoms with Gasteiger partial charge in [0.05, 0.1) is 0 Å². The van der Waals surface area contributed by atoms with E-state index in [0.717, 1.165) is 5.56 Å². The lowest BCUT2D eigenvalue weighted by molar-refractivity contribution is -0.150. The lowest BCUT2D eigenvalue weighted by atomic mass is 10.1. The molecule has 0 atom stereocenters. The van der Waals surface area contributed by atoms with E-state index in [1.54, 1.807) is 30.3 Å². The molecule has 5 nitrogen and oxygen atoms in total. The predicted octanol–water partition coefficient (Wildman–Crippen LogP) is 3.27. The van der Waals surface area contributed by atoms with E-state index in [9.17, 15) is 9.59 Å². The van der Waals surface area contributed by atoms with E-state index in [0.29, 0.717) is 28.8 Å². The molecule has 1 amide bonds. The number of nitrogens with one attached hydrogen (secondary N) is 1. The quantitative estimate of drug-likeness (QED) is 0.712. The van der Waals surface area contributed by atoms with Gasteiger partial charge in [0.1, 0.15) is 5.75 Å². The van der Waals surface area contributed by atoms with Crippen LogP contribution in [-0.4, -0.2) is 31.6 Å². The summed E-state index contributed by atoms with van der Waals surface area (Å²) in [6, 6.07) is 14.0. The fourth-order valence-electron chi connectivity index (χ4n) is 1.95. The molecule has 0 heterocycles. The van der Waals surface area contributed by atoms with Crippen molar-refractivity contribution in [3.8, 4) is 5.75 Å². The molecule has 0 radical (unpaired) electrons. The molecule has 0 aliphatic carbocycles. The van der Waals surface area contributed by atoms with E-state index >= 15 is 0 Å². The predicted molar refractivity (Wildman–Crippen MR) is 96.1 cm³/mol. The summed E-state index contributed by atoms with van der Waals surface area (Å²) in [5.41, 5.74) is 1.01. The molecular formula is C18H17Cl2NO4. The first-order valence-corrected chi connectivity index (χ1v) is 8.33. The first-order valence-electron chi connectivity index (χ1n) is 7.58. The van der Waals surface area contributed by atoms with Gasteiger partial charge in [0.2, 0.25) is 0 Å². The summed E-state index contributed by atoms with van der Waals surface area (Å²) in [5, 5.41) is 3.90. The summed E-state index contributed by atoms with van der Waals surface area (Å²) in [4.78, 5) is 23.2. The van der Waals surface area contributed by atoms with Crippen LogP contribution in [0.3, 0.4) is 0 Å². The third kappa shape index (κ3) is 7.45. The van der Waals surface area contributed by atoms with Crippen molar-refractivity contribution in [3.63, 3.8) is 0 Å². The van der Waals surface area contributed by atoms with Gasteiger partial charge >= 0.3 is 5.97 Å². The summed E-state index contributed by atoms with van der Waals surface area (Å²) in [6.07, 6.45) is 0.639. The van der Waals surface area contributed by atoms with Crippen molar-refractivity contribution < 1.29 is 19.1 Å². The van der Waals surface area contributed by atoms with Crippen LogP contribution in [0, 0.1) is 0 Å². The number of amides is 1. The topological polar surface area (TPSA) is 64.6 Å². The van der Waals surface area contributed by atoms with Gasteiger partial charge in [0, 0.05) is 16.6 Å². The number of halogens is 2. The second-order valence-electron chi connectivity index (χ2n) is 5.13. The van der Waals surface area contributed by atoms with Crippen LogP contribution in [0.4, 0.5) is 0 Å². The van der Waals surface area contributed by atoms with Gasteiger partial charge in [0.15, 0.2) is 13.2 Å². The summed E-state index contributed by atoms with van der Waals surface area (Å²) >= 11 is 11.6. The lowest BCUT2D eigenvalue weighted by Crippen LogP contribution is -2.31.